The van der Waals surface area contributed by atoms with Gasteiger partial charge in [0.15, 0.2) is 6.29 Å². The standard InChI is InChI=1S/C58H82O7/c1-8-11-12-15-42-18-20-46(21-19-42)47-22-24-48(25-23-47)54-28-26-49(34-44(54)9-2)50-27-29-55(45(10-3)35-50)53-36-51(16-13-31-64-57(61)40(4)5)56(63-33-30-43(38-59)39-60)52(37-53)17-14-32-65-58(62)41(6)7/h22-29,34-37,40-43,46,57,59-61H,8-21,30-33,38-39H2,1-7H3. The van der Waals surface area contributed by atoms with E-state index in [9.17, 15) is 20.1 Å². The maximum atomic E-state index is 12.3. The minimum atomic E-state index is -0.823. The fraction of sp³-hybridized carbons (Fsp3) is 0.569. The summed E-state index contributed by atoms with van der Waals surface area (Å²) in [7, 11) is 0. The van der Waals surface area contributed by atoms with Crippen molar-refractivity contribution in [3.05, 3.63) is 101 Å². The van der Waals surface area contributed by atoms with E-state index in [1.165, 1.54) is 95.9 Å². The molecular weight excluding hydrogens is 809 g/mol. The second-order valence-corrected chi connectivity index (χ2v) is 19.3. The van der Waals surface area contributed by atoms with Crippen LogP contribution in [0.3, 0.4) is 0 Å². The number of unbranched alkanes of at least 4 members (excludes halogenated alkanes) is 2. The Morgan fingerprint density at radius 3 is 1.74 bits per heavy atom. The van der Waals surface area contributed by atoms with E-state index in [-0.39, 0.29) is 36.9 Å². The van der Waals surface area contributed by atoms with Crippen LogP contribution in [0.25, 0.3) is 33.4 Å². The van der Waals surface area contributed by atoms with Crippen molar-refractivity contribution in [1.82, 2.24) is 0 Å². The fourth-order valence-corrected chi connectivity index (χ4v) is 9.39. The maximum absolute atomic E-state index is 12.3. The van der Waals surface area contributed by atoms with Crippen molar-refractivity contribution in [1.29, 1.82) is 0 Å². The van der Waals surface area contributed by atoms with Gasteiger partial charge in [-0.05, 0) is 156 Å². The SMILES string of the molecule is CCCCCC1CCC(c2ccc(-c3ccc(-c4ccc(-c5cc(CCCOC(=O)C(C)C)c(OCCC(CO)CO)c(CCCOC(O)C(C)C)c5)c(CC)c4)cc3CC)cc2)CC1. The summed E-state index contributed by atoms with van der Waals surface area (Å²) in [6.07, 6.45) is 15.0. The van der Waals surface area contributed by atoms with E-state index >= 15 is 0 Å². The monoisotopic (exact) mass is 891 g/mol. The number of esters is 1. The second kappa shape index (κ2) is 27.0. The van der Waals surface area contributed by atoms with Crippen molar-refractivity contribution in [2.45, 2.75) is 157 Å². The van der Waals surface area contributed by atoms with E-state index in [4.69, 9.17) is 14.2 Å². The third kappa shape index (κ3) is 15.3. The average molecular weight is 891 g/mol. The lowest BCUT2D eigenvalue weighted by Gasteiger charge is -2.29. The normalized spacial score (nSPS) is 15.8. The van der Waals surface area contributed by atoms with E-state index in [1.54, 1.807) is 0 Å². The van der Waals surface area contributed by atoms with Crippen LogP contribution in [-0.4, -0.2) is 60.6 Å². The van der Waals surface area contributed by atoms with Crippen LogP contribution in [0.1, 0.15) is 153 Å². The van der Waals surface area contributed by atoms with Crippen LogP contribution in [0.4, 0.5) is 0 Å². The number of carbonyl (C=O) groups excluding carboxylic acids is 1. The van der Waals surface area contributed by atoms with Gasteiger partial charge >= 0.3 is 5.97 Å². The molecule has 7 nitrogen and oxygen atoms in total. The van der Waals surface area contributed by atoms with Crippen LogP contribution >= 0.6 is 0 Å². The largest absolute Gasteiger partial charge is 0.493 e. The number of aliphatic hydroxyl groups is 3. The Morgan fingerprint density at radius 2 is 1.20 bits per heavy atom. The number of hydrogen-bond acceptors (Lipinski definition) is 7. The van der Waals surface area contributed by atoms with Crippen molar-refractivity contribution >= 4 is 5.97 Å². The van der Waals surface area contributed by atoms with Gasteiger partial charge < -0.3 is 29.5 Å². The van der Waals surface area contributed by atoms with Gasteiger partial charge in [0.2, 0.25) is 0 Å². The lowest BCUT2D eigenvalue weighted by Crippen LogP contribution is -2.19. The molecule has 0 spiro atoms. The highest BCUT2D eigenvalue weighted by atomic mass is 16.6. The molecule has 0 aliphatic heterocycles. The Balaban J connectivity index is 1.41. The molecule has 4 aromatic carbocycles. The number of benzene rings is 4. The van der Waals surface area contributed by atoms with Gasteiger partial charge in [-0.2, -0.15) is 0 Å². The van der Waals surface area contributed by atoms with Crippen LogP contribution in [0, 0.1) is 23.7 Å². The highest BCUT2D eigenvalue weighted by Gasteiger charge is 2.23. The number of carbonyl (C=O) groups is 1. The minimum absolute atomic E-state index is 0.00170. The zero-order valence-corrected chi connectivity index (χ0v) is 41.0. The van der Waals surface area contributed by atoms with Gasteiger partial charge in [-0.15, -0.1) is 0 Å². The van der Waals surface area contributed by atoms with Crippen molar-refractivity contribution in [2.24, 2.45) is 23.7 Å². The lowest BCUT2D eigenvalue weighted by molar-refractivity contribution is -0.147. The molecule has 1 aliphatic rings. The number of aryl methyl sites for hydroxylation is 4. The van der Waals surface area contributed by atoms with Gasteiger partial charge in [-0.25, -0.2) is 0 Å². The van der Waals surface area contributed by atoms with Crippen LogP contribution in [0.5, 0.6) is 5.75 Å². The Kier molecular flexibility index (Phi) is 21.6. The zero-order valence-electron chi connectivity index (χ0n) is 41.0. The first-order chi connectivity index (χ1) is 31.5. The quantitative estimate of drug-likeness (QED) is 0.0311. The number of hydrogen-bond donors (Lipinski definition) is 3. The first-order valence-electron chi connectivity index (χ1n) is 25.3. The predicted molar refractivity (Wildman–Crippen MR) is 267 cm³/mol. The van der Waals surface area contributed by atoms with Crippen LogP contribution in [0.15, 0.2) is 72.8 Å². The zero-order chi connectivity index (χ0) is 46.7. The molecule has 1 unspecified atom stereocenters. The minimum Gasteiger partial charge on any atom is -0.493 e. The van der Waals surface area contributed by atoms with E-state index in [1.807, 2.05) is 27.7 Å². The topological polar surface area (TPSA) is 105 Å². The van der Waals surface area contributed by atoms with Crippen molar-refractivity contribution in [3.63, 3.8) is 0 Å². The number of ether oxygens (including phenoxy) is 3. The molecule has 5 rings (SSSR count). The van der Waals surface area contributed by atoms with Crippen LogP contribution in [-0.2, 0) is 40.0 Å². The summed E-state index contributed by atoms with van der Waals surface area (Å²) in [5, 5.41) is 29.9. The highest BCUT2D eigenvalue weighted by Crippen LogP contribution is 2.40. The Hall–Kier alpha value is -4.01. The molecule has 0 radical (unpaired) electrons. The molecule has 7 heteroatoms. The lowest BCUT2D eigenvalue weighted by atomic mass is 9.77. The molecule has 1 aliphatic carbocycles. The van der Waals surface area contributed by atoms with E-state index < -0.39 is 6.29 Å². The van der Waals surface area contributed by atoms with E-state index in [0.29, 0.717) is 57.8 Å². The molecule has 0 heterocycles. The van der Waals surface area contributed by atoms with Gasteiger partial charge in [0.25, 0.3) is 0 Å². The number of rotatable bonds is 27. The van der Waals surface area contributed by atoms with Crippen molar-refractivity contribution in [2.75, 3.05) is 33.0 Å². The van der Waals surface area contributed by atoms with Gasteiger partial charge in [-0.3, -0.25) is 4.79 Å². The molecule has 0 amide bonds. The first kappa shape index (κ1) is 52.0. The van der Waals surface area contributed by atoms with Gasteiger partial charge in [0.05, 0.1) is 25.7 Å². The average Bonchev–Trinajstić information content (AvgIpc) is 3.33. The van der Waals surface area contributed by atoms with Gasteiger partial charge in [-0.1, -0.05) is 135 Å². The van der Waals surface area contributed by atoms with E-state index in [0.717, 1.165) is 41.2 Å². The molecular formula is C58H82O7. The smallest absolute Gasteiger partial charge is 0.308 e. The van der Waals surface area contributed by atoms with Gasteiger partial charge in [0, 0.05) is 25.0 Å². The summed E-state index contributed by atoms with van der Waals surface area (Å²) < 4.78 is 17.9. The Bertz CT molecular complexity index is 2020. The molecule has 0 saturated heterocycles. The molecule has 1 saturated carbocycles. The maximum Gasteiger partial charge on any atom is 0.308 e. The molecule has 356 valence electrons. The summed E-state index contributed by atoms with van der Waals surface area (Å²) in [5.41, 5.74) is 13.4. The first-order valence-corrected chi connectivity index (χ1v) is 25.3. The van der Waals surface area contributed by atoms with Crippen molar-refractivity contribution in [3.8, 4) is 39.1 Å². The second-order valence-electron chi connectivity index (χ2n) is 19.3. The Morgan fingerprint density at radius 1 is 0.646 bits per heavy atom. The third-order valence-electron chi connectivity index (χ3n) is 13.7. The molecule has 1 fully saturated rings. The molecule has 0 aromatic heterocycles. The Labute approximate surface area is 392 Å². The summed E-state index contributed by atoms with van der Waals surface area (Å²) in [6.45, 7) is 15.2. The molecule has 0 bridgehead atoms. The third-order valence-corrected chi connectivity index (χ3v) is 13.7. The number of aliphatic hydroxyl groups excluding tert-OH is 3. The highest BCUT2D eigenvalue weighted by molar-refractivity contribution is 5.78. The molecule has 3 N–H and O–H groups in total. The van der Waals surface area contributed by atoms with Crippen LogP contribution < -0.4 is 4.74 Å². The summed E-state index contributed by atoms with van der Waals surface area (Å²) >= 11 is 0. The summed E-state index contributed by atoms with van der Waals surface area (Å²) in [6, 6.07) is 27.8. The molecule has 4 aromatic rings. The summed E-state index contributed by atoms with van der Waals surface area (Å²) in [4.78, 5) is 12.3. The van der Waals surface area contributed by atoms with Gasteiger partial charge in [0.1, 0.15) is 5.75 Å². The fourth-order valence-electron chi connectivity index (χ4n) is 9.39. The van der Waals surface area contributed by atoms with Crippen LogP contribution in [0.2, 0.25) is 0 Å². The van der Waals surface area contributed by atoms with E-state index in [2.05, 4.69) is 93.6 Å². The molecule has 1 atom stereocenters. The van der Waals surface area contributed by atoms with Crippen molar-refractivity contribution < 1.29 is 34.3 Å². The molecule has 65 heavy (non-hydrogen) atoms. The predicted octanol–water partition coefficient (Wildman–Crippen LogP) is 13.1. The summed E-state index contributed by atoms with van der Waals surface area (Å²) in [5.74, 6) is 1.74.